The average Bonchev–Trinajstić information content (AvgIpc) is 2.43. The lowest BCUT2D eigenvalue weighted by molar-refractivity contribution is -0.384. The fraction of sp³-hybridized carbons (Fsp3) is 0.533. The summed E-state index contributed by atoms with van der Waals surface area (Å²) in [5.41, 5.74) is 6.48. The number of nitrogens with zero attached hydrogens (tertiary/aromatic N) is 1. The molecule has 0 bridgehead atoms. The molecule has 114 valence electrons. The molecular formula is C15H21N3O3. The standard InChI is InChI=1S/C15H21N3O3/c1-11(12-4-2-5-13(8-12)18(20)21)17-14(19)9-15(10-16)6-3-7-15/h2,4-5,8,11H,3,6-7,9-10,16H2,1H3,(H,17,19). The van der Waals surface area contributed by atoms with Crippen LogP contribution < -0.4 is 11.1 Å². The Morgan fingerprint density at radius 2 is 2.24 bits per heavy atom. The van der Waals surface area contributed by atoms with Gasteiger partial charge in [0.1, 0.15) is 0 Å². The van der Waals surface area contributed by atoms with E-state index in [2.05, 4.69) is 5.32 Å². The van der Waals surface area contributed by atoms with Crippen LogP contribution >= 0.6 is 0 Å². The number of nitrogens with one attached hydrogen (secondary N) is 1. The van der Waals surface area contributed by atoms with Gasteiger partial charge in [0, 0.05) is 18.6 Å². The number of nitrogens with two attached hydrogens (primary N) is 1. The van der Waals surface area contributed by atoms with E-state index in [-0.39, 0.29) is 23.1 Å². The van der Waals surface area contributed by atoms with Crippen molar-refractivity contribution >= 4 is 11.6 Å². The minimum absolute atomic E-state index is 0.0334. The van der Waals surface area contributed by atoms with Crippen molar-refractivity contribution in [3.05, 3.63) is 39.9 Å². The minimum Gasteiger partial charge on any atom is -0.350 e. The summed E-state index contributed by atoms with van der Waals surface area (Å²) in [6.07, 6.45) is 3.57. The van der Waals surface area contributed by atoms with Gasteiger partial charge in [-0.1, -0.05) is 18.6 Å². The van der Waals surface area contributed by atoms with E-state index in [1.165, 1.54) is 12.1 Å². The molecule has 0 aromatic heterocycles. The highest BCUT2D eigenvalue weighted by Gasteiger charge is 2.37. The van der Waals surface area contributed by atoms with Crippen LogP contribution in [0.2, 0.25) is 0 Å². The maximum atomic E-state index is 12.1. The van der Waals surface area contributed by atoms with Crippen LogP contribution in [0.1, 0.15) is 44.2 Å². The van der Waals surface area contributed by atoms with Gasteiger partial charge in [-0.3, -0.25) is 14.9 Å². The van der Waals surface area contributed by atoms with Crippen LogP contribution in [0.15, 0.2) is 24.3 Å². The van der Waals surface area contributed by atoms with Crippen molar-refractivity contribution in [2.75, 3.05) is 6.54 Å². The zero-order valence-corrected chi connectivity index (χ0v) is 12.2. The number of nitro benzene ring substituents is 1. The minimum atomic E-state index is -0.435. The number of carbonyl (C=O) groups excluding carboxylic acids is 1. The summed E-state index contributed by atoms with van der Waals surface area (Å²) < 4.78 is 0. The Morgan fingerprint density at radius 1 is 1.52 bits per heavy atom. The maximum Gasteiger partial charge on any atom is 0.269 e. The molecule has 0 radical (unpaired) electrons. The summed E-state index contributed by atoms with van der Waals surface area (Å²) in [7, 11) is 0. The van der Waals surface area contributed by atoms with E-state index in [0.717, 1.165) is 24.8 Å². The van der Waals surface area contributed by atoms with Crippen LogP contribution in [-0.2, 0) is 4.79 Å². The first kappa shape index (κ1) is 15.4. The molecule has 1 aromatic rings. The number of non-ortho nitro benzene ring substituents is 1. The second-order valence-electron chi connectivity index (χ2n) is 5.88. The summed E-state index contributed by atoms with van der Waals surface area (Å²) in [5.74, 6) is -0.0424. The number of hydrogen-bond donors (Lipinski definition) is 2. The summed E-state index contributed by atoms with van der Waals surface area (Å²) in [4.78, 5) is 22.5. The van der Waals surface area contributed by atoms with Crippen molar-refractivity contribution in [3.8, 4) is 0 Å². The predicted octanol–water partition coefficient (Wildman–Crippen LogP) is 2.29. The number of hydrogen-bond acceptors (Lipinski definition) is 4. The zero-order valence-electron chi connectivity index (χ0n) is 12.2. The van der Waals surface area contributed by atoms with Crippen LogP contribution in [-0.4, -0.2) is 17.4 Å². The van der Waals surface area contributed by atoms with Crippen LogP contribution in [0, 0.1) is 15.5 Å². The van der Waals surface area contributed by atoms with E-state index >= 15 is 0 Å². The van der Waals surface area contributed by atoms with Crippen LogP contribution in [0.4, 0.5) is 5.69 Å². The highest BCUT2D eigenvalue weighted by molar-refractivity contribution is 5.77. The lowest BCUT2D eigenvalue weighted by Crippen LogP contribution is -2.42. The third kappa shape index (κ3) is 3.58. The number of rotatable bonds is 6. The zero-order chi connectivity index (χ0) is 15.5. The van der Waals surface area contributed by atoms with Crippen molar-refractivity contribution in [1.82, 2.24) is 5.32 Å². The third-order valence-corrected chi connectivity index (χ3v) is 4.34. The van der Waals surface area contributed by atoms with E-state index < -0.39 is 4.92 Å². The molecular weight excluding hydrogens is 270 g/mol. The predicted molar refractivity (Wildman–Crippen MR) is 79.6 cm³/mol. The average molecular weight is 291 g/mol. The van der Waals surface area contributed by atoms with Gasteiger partial charge in [-0.2, -0.15) is 0 Å². The largest absolute Gasteiger partial charge is 0.350 e. The molecule has 0 spiro atoms. The first-order valence-corrected chi connectivity index (χ1v) is 7.19. The molecule has 1 aliphatic carbocycles. The Kier molecular flexibility index (Phi) is 4.57. The normalized spacial score (nSPS) is 17.6. The molecule has 2 rings (SSSR count). The molecule has 1 fully saturated rings. The smallest absolute Gasteiger partial charge is 0.269 e. The maximum absolute atomic E-state index is 12.1. The molecule has 1 aromatic carbocycles. The van der Waals surface area contributed by atoms with Gasteiger partial charge in [0.15, 0.2) is 0 Å². The van der Waals surface area contributed by atoms with Gasteiger partial charge in [0.05, 0.1) is 11.0 Å². The number of nitro groups is 1. The van der Waals surface area contributed by atoms with E-state index in [1.54, 1.807) is 12.1 Å². The molecule has 1 amide bonds. The molecule has 1 saturated carbocycles. The Hall–Kier alpha value is -1.95. The van der Waals surface area contributed by atoms with Gasteiger partial charge < -0.3 is 11.1 Å². The Bertz CT molecular complexity index is 535. The summed E-state index contributed by atoms with van der Waals surface area (Å²) in [6, 6.07) is 6.08. The van der Waals surface area contributed by atoms with E-state index in [4.69, 9.17) is 5.73 Å². The summed E-state index contributed by atoms with van der Waals surface area (Å²) >= 11 is 0. The van der Waals surface area contributed by atoms with Crippen molar-refractivity contribution in [2.24, 2.45) is 11.1 Å². The van der Waals surface area contributed by atoms with Gasteiger partial charge in [-0.15, -0.1) is 0 Å². The molecule has 0 saturated heterocycles. The van der Waals surface area contributed by atoms with Gasteiger partial charge in [-0.05, 0) is 37.3 Å². The lowest BCUT2D eigenvalue weighted by atomic mass is 9.66. The third-order valence-electron chi connectivity index (χ3n) is 4.34. The molecule has 6 nitrogen and oxygen atoms in total. The molecule has 1 unspecified atom stereocenters. The Balaban J connectivity index is 1.97. The van der Waals surface area contributed by atoms with E-state index in [9.17, 15) is 14.9 Å². The van der Waals surface area contributed by atoms with Gasteiger partial charge >= 0.3 is 0 Å². The highest BCUT2D eigenvalue weighted by Crippen LogP contribution is 2.42. The topological polar surface area (TPSA) is 98.3 Å². The van der Waals surface area contributed by atoms with Gasteiger partial charge in [0.2, 0.25) is 5.91 Å². The first-order valence-electron chi connectivity index (χ1n) is 7.19. The fourth-order valence-electron chi connectivity index (χ4n) is 2.75. The number of carbonyl (C=O) groups is 1. The summed E-state index contributed by atoms with van der Waals surface area (Å²) in [6.45, 7) is 2.36. The number of benzene rings is 1. The fourth-order valence-corrected chi connectivity index (χ4v) is 2.75. The Morgan fingerprint density at radius 3 is 2.76 bits per heavy atom. The molecule has 1 aliphatic rings. The summed E-state index contributed by atoms with van der Waals surface area (Å²) in [5, 5.41) is 13.7. The first-order chi connectivity index (χ1) is 9.96. The second-order valence-corrected chi connectivity index (χ2v) is 5.88. The van der Waals surface area contributed by atoms with Crippen LogP contribution in [0.25, 0.3) is 0 Å². The van der Waals surface area contributed by atoms with E-state index in [1.807, 2.05) is 6.92 Å². The second kappa shape index (κ2) is 6.22. The van der Waals surface area contributed by atoms with Crippen molar-refractivity contribution in [1.29, 1.82) is 0 Å². The van der Waals surface area contributed by atoms with Gasteiger partial charge in [-0.25, -0.2) is 0 Å². The highest BCUT2D eigenvalue weighted by atomic mass is 16.6. The molecule has 0 aliphatic heterocycles. The number of amides is 1. The SMILES string of the molecule is CC(NC(=O)CC1(CN)CCC1)c1cccc([N+](=O)[O-])c1. The van der Waals surface area contributed by atoms with Crippen LogP contribution in [0.5, 0.6) is 0 Å². The quantitative estimate of drug-likeness (QED) is 0.620. The molecule has 21 heavy (non-hydrogen) atoms. The molecule has 3 N–H and O–H groups in total. The lowest BCUT2D eigenvalue weighted by Gasteiger charge is -2.40. The molecule has 6 heteroatoms. The van der Waals surface area contributed by atoms with E-state index in [0.29, 0.717) is 13.0 Å². The van der Waals surface area contributed by atoms with Crippen LogP contribution in [0.3, 0.4) is 0 Å². The van der Waals surface area contributed by atoms with Crippen molar-refractivity contribution < 1.29 is 9.72 Å². The van der Waals surface area contributed by atoms with Crippen molar-refractivity contribution in [2.45, 2.75) is 38.6 Å². The molecule has 0 heterocycles. The monoisotopic (exact) mass is 291 g/mol. The Labute approximate surface area is 123 Å². The van der Waals surface area contributed by atoms with Crippen molar-refractivity contribution in [3.63, 3.8) is 0 Å². The van der Waals surface area contributed by atoms with Gasteiger partial charge in [0.25, 0.3) is 5.69 Å². The molecule has 1 atom stereocenters.